The average Bonchev–Trinajstić information content (AvgIpc) is 2.22. The highest BCUT2D eigenvalue weighted by atomic mass is 16.3. The highest BCUT2D eigenvalue weighted by Gasteiger charge is 2.27. The van der Waals surface area contributed by atoms with Gasteiger partial charge < -0.3 is 9.90 Å². The molecule has 0 saturated carbocycles. The van der Waals surface area contributed by atoms with E-state index in [9.17, 15) is 9.90 Å². The van der Waals surface area contributed by atoms with Crippen LogP contribution >= 0.6 is 0 Å². The molecule has 1 aromatic carbocycles. The third kappa shape index (κ3) is 3.59. The second-order valence-electron chi connectivity index (χ2n) is 7.20. The smallest absolute Gasteiger partial charge is 0.123 e. The molecule has 0 aliphatic carbocycles. The van der Waals surface area contributed by atoms with E-state index in [4.69, 9.17) is 0 Å². The first-order valence-corrected chi connectivity index (χ1v) is 6.88. The number of rotatable bonds is 3. The lowest BCUT2D eigenvalue weighted by molar-refractivity contribution is -0.107. The lowest BCUT2D eigenvalue weighted by atomic mass is 9.76. The summed E-state index contributed by atoms with van der Waals surface area (Å²) in [5.74, 6) is 0.392. The standard InChI is InChI=1S/C17H26O2/c1-16(2,3)13-10-9-12(8-7-11-18)14(15(13)19)17(4,5)6/h9-11,19H,7-8H2,1-6H3. The summed E-state index contributed by atoms with van der Waals surface area (Å²) < 4.78 is 0. The molecule has 0 unspecified atom stereocenters. The first kappa shape index (κ1) is 15.7. The van der Waals surface area contributed by atoms with E-state index in [2.05, 4.69) is 47.6 Å². The van der Waals surface area contributed by atoms with E-state index in [0.717, 1.165) is 23.0 Å². The molecule has 0 amide bonds. The Hall–Kier alpha value is -1.31. The van der Waals surface area contributed by atoms with Crippen LogP contribution in [0.5, 0.6) is 5.75 Å². The summed E-state index contributed by atoms with van der Waals surface area (Å²) in [6.07, 6.45) is 2.12. The van der Waals surface area contributed by atoms with Gasteiger partial charge >= 0.3 is 0 Å². The highest BCUT2D eigenvalue weighted by molar-refractivity contribution is 5.54. The summed E-state index contributed by atoms with van der Waals surface area (Å²) in [6, 6.07) is 4.05. The normalized spacial score (nSPS) is 12.5. The van der Waals surface area contributed by atoms with Crippen LogP contribution in [-0.2, 0) is 22.0 Å². The van der Waals surface area contributed by atoms with Crippen LogP contribution in [0.2, 0.25) is 0 Å². The Balaban J connectivity index is 3.45. The minimum Gasteiger partial charge on any atom is -0.507 e. The van der Waals surface area contributed by atoms with Gasteiger partial charge in [-0.3, -0.25) is 0 Å². The lowest BCUT2D eigenvalue weighted by Crippen LogP contribution is -2.19. The molecule has 0 aliphatic rings. The van der Waals surface area contributed by atoms with Crippen LogP contribution in [0.4, 0.5) is 0 Å². The molecular weight excluding hydrogens is 236 g/mol. The topological polar surface area (TPSA) is 37.3 Å². The van der Waals surface area contributed by atoms with Gasteiger partial charge in [0, 0.05) is 12.0 Å². The number of hydrogen-bond acceptors (Lipinski definition) is 2. The molecule has 0 saturated heterocycles. The van der Waals surface area contributed by atoms with Gasteiger partial charge in [0.15, 0.2) is 0 Å². The van der Waals surface area contributed by atoms with Gasteiger partial charge in [-0.15, -0.1) is 0 Å². The lowest BCUT2D eigenvalue weighted by Gasteiger charge is -2.29. The summed E-state index contributed by atoms with van der Waals surface area (Å²) in [4.78, 5) is 10.6. The largest absolute Gasteiger partial charge is 0.507 e. The van der Waals surface area contributed by atoms with Crippen LogP contribution in [-0.4, -0.2) is 11.4 Å². The van der Waals surface area contributed by atoms with Gasteiger partial charge in [-0.2, -0.15) is 0 Å². The van der Waals surface area contributed by atoms with E-state index in [1.807, 2.05) is 6.07 Å². The van der Waals surface area contributed by atoms with Gasteiger partial charge in [-0.05, 0) is 28.4 Å². The van der Waals surface area contributed by atoms with Crippen molar-refractivity contribution in [1.82, 2.24) is 0 Å². The fraction of sp³-hybridized carbons (Fsp3) is 0.588. The number of carbonyl (C=O) groups is 1. The molecule has 2 heteroatoms. The number of phenols is 1. The van der Waals surface area contributed by atoms with Crippen molar-refractivity contribution in [2.45, 2.75) is 65.2 Å². The van der Waals surface area contributed by atoms with Crippen molar-refractivity contribution in [3.05, 3.63) is 28.8 Å². The number of aromatic hydroxyl groups is 1. The van der Waals surface area contributed by atoms with Gasteiger partial charge in [-0.25, -0.2) is 0 Å². The molecule has 19 heavy (non-hydrogen) atoms. The minimum absolute atomic E-state index is 0.0900. The van der Waals surface area contributed by atoms with Gasteiger partial charge in [-0.1, -0.05) is 53.7 Å². The monoisotopic (exact) mass is 262 g/mol. The zero-order chi connectivity index (χ0) is 14.8. The summed E-state index contributed by atoms with van der Waals surface area (Å²) in [5.41, 5.74) is 2.79. The SMILES string of the molecule is CC(C)(C)c1ccc(CCC=O)c(C(C)(C)C)c1O. The summed E-state index contributed by atoms with van der Waals surface area (Å²) >= 11 is 0. The Bertz CT molecular complexity index is 459. The van der Waals surface area contributed by atoms with Crippen molar-refractivity contribution >= 4 is 6.29 Å². The predicted octanol–water partition coefficient (Wildman–Crippen LogP) is 4.12. The van der Waals surface area contributed by atoms with Gasteiger partial charge in [0.05, 0.1) is 0 Å². The Morgan fingerprint density at radius 3 is 2.05 bits per heavy atom. The van der Waals surface area contributed by atoms with E-state index >= 15 is 0 Å². The minimum atomic E-state index is -0.135. The second-order valence-corrected chi connectivity index (χ2v) is 7.20. The number of aldehydes is 1. The van der Waals surface area contributed by atoms with Crippen molar-refractivity contribution in [3.8, 4) is 5.75 Å². The van der Waals surface area contributed by atoms with Crippen LogP contribution in [0, 0.1) is 0 Å². The predicted molar refractivity (Wildman–Crippen MR) is 79.9 cm³/mol. The number of carbonyl (C=O) groups excluding carboxylic acids is 1. The third-order valence-corrected chi connectivity index (χ3v) is 3.35. The van der Waals surface area contributed by atoms with Gasteiger partial charge in [0.2, 0.25) is 0 Å². The fourth-order valence-electron chi connectivity index (χ4n) is 2.50. The molecule has 0 radical (unpaired) electrons. The van der Waals surface area contributed by atoms with Crippen molar-refractivity contribution in [3.63, 3.8) is 0 Å². The van der Waals surface area contributed by atoms with E-state index in [0.29, 0.717) is 18.6 Å². The van der Waals surface area contributed by atoms with Crippen LogP contribution in [0.3, 0.4) is 0 Å². The Kier molecular flexibility index (Phi) is 4.44. The maximum atomic E-state index is 10.7. The molecule has 0 spiro atoms. The molecule has 106 valence electrons. The van der Waals surface area contributed by atoms with Gasteiger partial charge in [0.1, 0.15) is 12.0 Å². The Morgan fingerprint density at radius 1 is 1.05 bits per heavy atom. The van der Waals surface area contributed by atoms with E-state index in [-0.39, 0.29) is 10.8 Å². The van der Waals surface area contributed by atoms with Gasteiger partial charge in [0.25, 0.3) is 0 Å². The van der Waals surface area contributed by atoms with E-state index in [1.54, 1.807) is 0 Å². The number of phenolic OH excluding ortho intramolecular Hbond substituents is 1. The van der Waals surface area contributed by atoms with Crippen molar-refractivity contribution < 1.29 is 9.90 Å². The molecule has 0 atom stereocenters. The fourth-order valence-corrected chi connectivity index (χ4v) is 2.50. The molecule has 1 N–H and O–H groups in total. The molecule has 0 bridgehead atoms. The van der Waals surface area contributed by atoms with Crippen LogP contribution < -0.4 is 0 Å². The van der Waals surface area contributed by atoms with Crippen LogP contribution in [0.25, 0.3) is 0 Å². The van der Waals surface area contributed by atoms with Crippen LogP contribution in [0.1, 0.15) is 64.7 Å². The molecule has 2 nitrogen and oxygen atoms in total. The molecule has 0 aliphatic heterocycles. The average molecular weight is 262 g/mol. The summed E-state index contributed by atoms with van der Waals surface area (Å²) in [6.45, 7) is 12.6. The molecule has 0 aromatic heterocycles. The zero-order valence-corrected chi connectivity index (χ0v) is 13.0. The number of benzene rings is 1. The van der Waals surface area contributed by atoms with Crippen molar-refractivity contribution in [2.24, 2.45) is 0 Å². The van der Waals surface area contributed by atoms with Crippen molar-refractivity contribution in [2.75, 3.05) is 0 Å². The first-order valence-electron chi connectivity index (χ1n) is 6.88. The summed E-state index contributed by atoms with van der Waals surface area (Å²) in [7, 11) is 0. The Labute approximate surface area is 116 Å². The van der Waals surface area contributed by atoms with Crippen LogP contribution in [0.15, 0.2) is 12.1 Å². The number of aryl methyl sites for hydroxylation is 1. The first-order chi connectivity index (χ1) is 8.59. The van der Waals surface area contributed by atoms with E-state index < -0.39 is 0 Å². The maximum Gasteiger partial charge on any atom is 0.123 e. The molecule has 1 aromatic rings. The number of hydrogen-bond donors (Lipinski definition) is 1. The van der Waals surface area contributed by atoms with E-state index in [1.165, 1.54) is 0 Å². The zero-order valence-electron chi connectivity index (χ0n) is 13.0. The third-order valence-electron chi connectivity index (χ3n) is 3.35. The maximum absolute atomic E-state index is 10.7. The van der Waals surface area contributed by atoms with Crippen molar-refractivity contribution in [1.29, 1.82) is 0 Å². The molecule has 0 fully saturated rings. The molecule has 1 rings (SSSR count). The molecular formula is C17H26O2. The Morgan fingerprint density at radius 2 is 1.63 bits per heavy atom. The second kappa shape index (κ2) is 5.36. The molecule has 0 heterocycles. The quantitative estimate of drug-likeness (QED) is 0.832. The highest BCUT2D eigenvalue weighted by Crippen LogP contribution is 2.41. The summed E-state index contributed by atoms with van der Waals surface area (Å²) in [5, 5.41) is 10.7.